The van der Waals surface area contributed by atoms with Crippen LogP contribution in [0.15, 0.2) is 82.6 Å². The summed E-state index contributed by atoms with van der Waals surface area (Å²) in [5, 5.41) is 2.40. The number of anilines is 3. The number of nitrogens with one attached hydrogen (secondary N) is 1. The number of alkyl halides is 3. The first-order chi connectivity index (χ1) is 22.4. The minimum absolute atomic E-state index is 0.331. The Bertz CT molecular complexity index is 1910. The van der Waals surface area contributed by atoms with Gasteiger partial charge in [0.2, 0.25) is 17.7 Å². The van der Waals surface area contributed by atoms with Crippen LogP contribution in [0.2, 0.25) is 5.02 Å². The molecule has 3 heterocycles. The highest BCUT2D eigenvalue weighted by Gasteiger charge is 2.57. The maximum absolute atomic E-state index is 14.2. The molecule has 6 rings (SSSR count). The lowest BCUT2D eigenvalue weighted by atomic mass is 9.83. The Labute approximate surface area is 281 Å². The lowest BCUT2D eigenvalue weighted by molar-refractivity contribution is -0.137. The number of hydrogen-bond acceptors (Lipinski definition) is 7. The summed E-state index contributed by atoms with van der Waals surface area (Å²) in [5.74, 6) is -4.00. The van der Waals surface area contributed by atoms with E-state index in [1.54, 1.807) is 24.3 Å². The van der Waals surface area contributed by atoms with Crippen molar-refractivity contribution >= 4 is 69.5 Å². The van der Waals surface area contributed by atoms with Gasteiger partial charge in [-0.05, 0) is 67.9 Å². The number of hydrogen-bond donors (Lipinski definition) is 1. The van der Waals surface area contributed by atoms with Crippen LogP contribution >= 0.6 is 34.7 Å². The van der Waals surface area contributed by atoms with Crippen molar-refractivity contribution in [2.24, 2.45) is 5.92 Å². The number of imide groups is 1. The van der Waals surface area contributed by atoms with Crippen LogP contribution in [-0.4, -0.2) is 40.6 Å². The fourth-order valence-electron chi connectivity index (χ4n) is 6.12. The minimum Gasteiger partial charge on any atom is -0.372 e. The zero-order valence-electron chi connectivity index (χ0n) is 25.1. The molecule has 4 aromatic rings. The molecule has 0 saturated carbocycles. The lowest BCUT2D eigenvalue weighted by Crippen LogP contribution is -2.33. The van der Waals surface area contributed by atoms with Gasteiger partial charge in [-0.1, -0.05) is 59.0 Å². The third-order valence-electron chi connectivity index (χ3n) is 8.31. The topological polar surface area (TPSA) is 91.7 Å². The number of carbonyl (C=O) groups excluding carboxylic acids is 3. The number of halogens is 4. The summed E-state index contributed by atoms with van der Waals surface area (Å²) in [5.41, 5.74) is 0.384. The number of rotatable bonds is 8. The van der Waals surface area contributed by atoms with Crippen molar-refractivity contribution in [1.29, 1.82) is 0 Å². The number of para-hydroxylation sites is 1. The lowest BCUT2D eigenvalue weighted by Gasteiger charge is -2.31. The van der Waals surface area contributed by atoms with Crippen LogP contribution in [-0.2, 0) is 27.1 Å². The molecule has 0 radical (unpaired) electrons. The average molecular weight is 701 g/mol. The number of nitrogens with zero attached hydrogens (tertiary/aromatic N) is 3. The monoisotopic (exact) mass is 700 g/mol. The summed E-state index contributed by atoms with van der Waals surface area (Å²) >= 11 is 7.74. The zero-order chi connectivity index (χ0) is 33.6. The number of amides is 3. The largest absolute Gasteiger partial charge is 0.418 e. The van der Waals surface area contributed by atoms with Gasteiger partial charge < -0.3 is 10.2 Å². The molecule has 1 fully saturated rings. The third-order valence-corrected chi connectivity index (χ3v) is 11.2. The molecule has 0 unspecified atom stereocenters. The summed E-state index contributed by atoms with van der Waals surface area (Å²) in [7, 11) is 0. The Hall–Kier alpha value is -4.07. The molecule has 8 nitrogen and oxygen atoms in total. The second-order valence-corrected chi connectivity index (χ2v) is 13.6. The number of thiazole rings is 1. The Morgan fingerprint density at radius 1 is 0.936 bits per heavy atom. The van der Waals surface area contributed by atoms with Crippen molar-refractivity contribution < 1.29 is 27.6 Å². The van der Waals surface area contributed by atoms with Gasteiger partial charge in [-0.2, -0.15) is 13.2 Å². The van der Waals surface area contributed by atoms with Gasteiger partial charge in [-0.15, -0.1) is 0 Å². The normalized spacial score (nSPS) is 19.0. The number of thioether (sulfide) groups is 1. The van der Waals surface area contributed by atoms with E-state index in [-0.39, 0.29) is 6.54 Å². The van der Waals surface area contributed by atoms with E-state index in [2.05, 4.69) is 10.2 Å². The van der Waals surface area contributed by atoms with Gasteiger partial charge in [-0.3, -0.25) is 23.7 Å². The van der Waals surface area contributed by atoms with Gasteiger partial charge in [0.05, 0.1) is 22.2 Å². The summed E-state index contributed by atoms with van der Waals surface area (Å²) in [6, 6.07) is 18.3. The third kappa shape index (κ3) is 6.07. The second-order valence-electron chi connectivity index (χ2n) is 11.0. The highest BCUT2D eigenvalue weighted by atomic mass is 35.5. The van der Waals surface area contributed by atoms with Crippen LogP contribution in [0.5, 0.6) is 0 Å². The highest BCUT2D eigenvalue weighted by molar-refractivity contribution is 8.00. The molecule has 14 heteroatoms. The Morgan fingerprint density at radius 2 is 1.60 bits per heavy atom. The first-order valence-electron chi connectivity index (χ1n) is 14.8. The van der Waals surface area contributed by atoms with Gasteiger partial charge in [0.25, 0.3) is 0 Å². The van der Waals surface area contributed by atoms with E-state index in [1.807, 2.05) is 38.1 Å². The van der Waals surface area contributed by atoms with Gasteiger partial charge >= 0.3 is 11.0 Å². The predicted molar refractivity (Wildman–Crippen MR) is 178 cm³/mol. The summed E-state index contributed by atoms with van der Waals surface area (Å²) in [4.78, 5) is 57.4. The summed E-state index contributed by atoms with van der Waals surface area (Å²) < 4.78 is 43.4. The van der Waals surface area contributed by atoms with E-state index in [4.69, 9.17) is 11.6 Å². The van der Waals surface area contributed by atoms with E-state index in [9.17, 15) is 32.3 Å². The smallest absolute Gasteiger partial charge is 0.372 e. The van der Waals surface area contributed by atoms with Crippen molar-refractivity contribution in [1.82, 2.24) is 4.57 Å². The standard InChI is InChI=1S/C33H28ClF3N4O4S2/c1-3-39(4-2)21-15-9-18(10-16-21)25-26-27(30(44)41(29(26)43)23-8-6-5-7-22(23)33(35,36)37)46-31-28(25)47-32(45)40(31)17-24(42)38-20-13-11-19(34)12-14-20/h5-16,25-27H,3-4,17H2,1-2H3,(H,38,42)/t25-,26-,27+/m0/s1. The molecule has 3 aromatic carbocycles. The quantitative estimate of drug-likeness (QED) is 0.202. The van der Waals surface area contributed by atoms with Crippen LogP contribution in [0, 0.1) is 5.92 Å². The van der Waals surface area contributed by atoms with E-state index in [1.165, 1.54) is 16.7 Å². The van der Waals surface area contributed by atoms with E-state index in [0.717, 1.165) is 54.0 Å². The molecule has 1 aromatic heterocycles. The highest BCUT2D eigenvalue weighted by Crippen LogP contribution is 2.54. The Morgan fingerprint density at radius 3 is 2.23 bits per heavy atom. The number of fused-ring (bicyclic) bond motifs is 2. The van der Waals surface area contributed by atoms with Gasteiger partial charge in [0, 0.05) is 40.3 Å². The van der Waals surface area contributed by atoms with Crippen molar-refractivity contribution in [3.05, 3.63) is 103 Å². The van der Waals surface area contributed by atoms with E-state index < -0.39 is 57.1 Å². The molecule has 1 saturated heterocycles. The summed E-state index contributed by atoms with van der Waals surface area (Å²) in [6.07, 6.45) is -4.81. The first-order valence-corrected chi connectivity index (χ1v) is 16.8. The van der Waals surface area contributed by atoms with Gasteiger partial charge in [-0.25, -0.2) is 4.90 Å². The van der Waals surface area contributed by atoms with Crippen molar-refractivity contribution in [3.63, 3.8) is 0 Å². The molecule has 0 aliphatic carbocycles. The average Bonchev–Trinajstić information content (AvgIpc) is 3.48. The van der Waals surface area contributed by atoms with Crippen molar-refractivity contribution in [3.8, 4) is 0 Å². The molecule has 0 spiro atoms. The zero-order valence-corrected chi connectivity index (χ0v) is 27.5. The molecule has 3 atom stereocenters. The Kier molecular flexibility index (Phi) is 8.98. The molecule has 2 aliphatic rings. The molecule has 244 valence electrons. The first kappa shape index (κ1) is 32.9. The molecule has 2 aliphatic heterocycles. The molecule has 3 amide bonds. The van der Waals surface area contributed by atoms with Gasteiger partial charge in [0.1, 0.15) is 11.8 Å². The number of benzene rings is 3. The maximum Gasteiger partial charge on any atom is 0.418 e. The molecule has 1 N–H and O–H groups in total. The Balaban J connectivity index is 1.43. The maximum atomic E-state index is 14.2. The molecular weight excluding hydrogens is 673 g/mol. The molecule has 0 bridgehead atoms. The van der Waals surface area contributed by atoms with Crippen LogP contribution in [0.3, 0.4) is 0 Å². The van der Waals surface area contributed by atoms with Gasteiger partial charge in [0.15, 0.2) is 0 Å². The van der Waals surface area contributed by atoms with Crippen molar-refractivity contribution in [2.75, 3.05) is 28.2 Å². The number of aromatic nitrogens is 1. The molecular formula is C33H28ClF3N4O4S2. The summed E-state index contributed by atoms with van der Waals surface area (Å²) in [6.45, 7) is 5.17. The van der Waals surface area contributed by atoms with Crippen LogP contribution < -0.4 is 20.0 Å². The fourth-order valence-corrected chi connectivity index (χ4v) is 9.02. The van der Waals surface area contributed by atoms with Crippen LogP contribution in [0.1, 0.15) is 35.8 Å². The molecule has 47 heavy (non-hydrogen) atoms. The minimum atomic E-state index is -4.81. The SMILES string of the molecule is CCN(CC)c1ccc([C@@H]2c3sc(=O)n(CC(=O)Nc4ccc(Cl)cc4)c3S[C@H]3C(=O)N(c4ccccc4C(F)(F)F)C(=O)[C@@H]23)cc1. The second kappa shape index (κ2) is 12.9. The van der Waals surface area contributed by atoms with E-state index in [0.29, 0.717) is 31.1 Å². The van der Waals surface area contributed by atoms with Crippen molar-refractivity contribution in [2.45, 2.75) is 42.8 Å². The predicted octanol–water partition coefficient (Wildman–Crippen LogP) is 6.86. The van der Waals surface area contributed by atoms with Crippen LogP contribution in [0.25, 0.3) is 0 Å². The number of carbonyl (C=O) groups is 3. The van der Waals surface area contributed by atoms with E-state index >= 15 is 0 Å². The van der Waals surface area contributed by atoms with Crippen LogP contribution in [0.4, 0.5) is 30.2 Å². The fraction of sp³-hybridized carbons (Fsp3) is 0.273.